The highest BCUT2D eigenvalue weighted by Crippen LogP contribution is 2.38. The molecule has 0 aromatic heterocycles. The van der Waals surface area contributed by atoms with Crippen LogP contribution in [0.3, 0.4) is 0 Å². The van der Waals surface area contributed by atoms with E-state index in [1.54, 1.807) is 51.1 Å². The van der Waals surface area contributed by atoms with E-state index in [0.717, 1.165) is 12.1 Å². The van der Waals surface area contributed by atoms with E-state index in [9.17, 15) is 45.5 Å². The number of benzene rings is 3. The van der Waals surface area contributed by atoms with Crippen molar-refractivity contribution in [3.63, 3.8) is 0 Å². The maximum atomic E-state index is 13.7. The standard InChI is InChI=1S/C35H36ClF6N3O6/c1-19(2)13-26(45-32(49)51-33(3,4)5)30(47)44-27(14-20-9-7-6-8-10-20)31(48)50-28-12-11-23(36)18-25(28)29(46)43-24-16-21(34(37,38)39)15-22(17-24)35(40,41)42/h6-12,15-19,26-27H,13-14H2,1-5H3,(H,43,46)(H,44,47)(H,45,49)/t26-,27-/m0/s1. The molecule has 0 saturated carbocycles. The van der Waals surface area contributed by atoms with Crippen LogP contribution in [0.2, 0.25) is 5.02 Å². The predicted molar refractivity (Wildman–Crippen MR) is 176 cm³/mol. The fourth-order valence-corrected chi connectivity index (χ4v) is 4.81. The minimum absolute atomic E-state index is 0.0844. The van der Waals surface area contributed by atoms with Crippen LogP contribution in [-0.4, -0.2) is 41.6 Å². The fraction of sp³-hybridized carbons (Fsp3) is 0.371. The lowest BCUT2D eigenvalue weighted by molar-refractivity contribution is -0.143. The number of hydrogen-bond donors (Lipinski definition) is 3. The summed E-state index contributed by atoms with van der Waals surface area (Å²) in [5.41, 5.74) is -4.98. The molecule has 3 rings (SSSR count). The molecule has 3 aromatic carbocycles. The molecule has 0 fully saturated rings. The molecule has 0 saturated heterocycles. The smallest absolute Gasteiger partial charge is 0.416 e. The van der Waals surface area contributed by atoms with Crippen molar-refractivity contribution in [1.29, 1.82) is 0 Å². The van der Waals surface area contributed by atoms with Gasteiger partial charge in [-0.15, -0.1) is 0 Å². The molecule has 276 valence electrons. The van der Waals surface area contributed by atoms with Crippen molar-refractivity contribution >= 4 is 41.2 Å². The predicted octanol–water partition coefficient (Wildman–Crippen LogP) is 8.20. The largest absolute Gasteiger partial charge is 0.444 e. The zero-order chi connectivity index (χ0) is 38.3. The van der Waals surface area contributed by atoms with Gasteiger partial charge in [0.05, 0.1) is 16.7 Å². The van der Waals surface area contributed by atoms with Crippen molar-refractivity contribution in [3.05, 3.63) is 94.0 Å². The van der Waals surface area contributed by atoms with Crippen molar-refractivity contribution in [2.75, 3.05) is 5.32 Å². The first-order chi connectivity index (χ1) is 23.5. The first-order valence-electron chi connectivity index (χ1n) is 15.5. The quantitative estimate of drug-likeness (QED) is 0.103. The number of nitrogens with one attached hydrogen (secondary N) is 3. The summed E-state index contributed by atoms with van der Waals surface area (Å²) in [7, 11) is 0. The summed E-state index contributed by atoms with van der Waals surface area (Å²) >= 11 is 6.05. The molecule has 0 aliphatic rings. The third-order valence-electron chi connectivity index (χ3n) is 6.84. The second kappa shape index (κ2) is 16.5. The van der Waals surface area contributed by atoms with E-state index in [1.165, 1.54) is 6.07 Å². The van der Waals surface area contributed by atoms with Crippen LogP contribution >= 0.6 is 11.6 Å². The number of anilines is 1. The SMILES string of the molecule is CC(C)C[C@H](NC(=O)OC(C)(C)C)C(=O)N[C@@H](Cc1ccccc1)C(=O)Oc1ccc(Cl)cc1C(=O)Nc1cc(C(F)(F)F)cc(C(F)(F)F)c1. The van der Waals surface area contributed by atoms with E-state index in [2.05, 4.69) is 10.6 Å². The molecular formula is C35H36ClF6N3O6. The van der Waals surface area contributed by atoms with E-state index >= 15 is 0 Å². The van der Waals surface area contributed by atoms with E-state index in [0.29, 0.717) is 17.7 Å². The summed E-state index contributed by atoms with van der Waals surface area (Å²) in [6, 6.07) is 9.71. The first kappa shape index (κ1) is 40.6. The maximum Gasteiger partial charge on any atom is 0.416 e. The number of alkyl halides is 6. The number of rotatable bonds is 11. The molecule has 0 unspecified atom stereocenters. The van der Waals surface area contributed by atoms with Crippen molar-refractivity contribution in [2.24, 2.45) is 5.92 Å². The van der Waals surface area contributed by atoms with Crippen molar-refractivity contribution in [1.82, 2.24) is 10.6 Å². The van der Waals surface area contributed by atoms with Crippen molar-refractivity contribution < 1.29 is 55.0 Å². The molecule has 0 heterocycles. The highest BCUT2D eigenvalue weighted by Gasteiger charge is 2.37. The molecule has 3 N–H and O–H groups in total. The Labute approximate surface area is 295 Å². The van der Waals surface area contributed by atoms with Gasteiger partial charge in [-0.3, -0.25) is 9.59 Å². The summed E-state index contributed by atoms with van der Waals surface area (Å²) < 4.78 is 91.2. The van der Waals surface area contributed by atoms with Crippen molar-refractivity contribution in [3.8, 4) is 5.75 Å². The third-order valence-corrected chi connectivity index (χ3v) is 7.08. The number of hydrogen-bond acceptors (Lipinski definition) is 6. The second-order valence-electron chi connectivity index (χ2n) is 12.9. The van der Waals surface area contributed by atoms with Gasteiger partial charge in [-0.25, -0.2) is 9.59 Å². The van der Waals surface area contributed by atoms with E-state index in [1.807, 2.05) is 19.2 Å². The average molecular weight is 744 g/mol. The lowest BCUT2D eigenvalue weighted by Crippen LogP contribution is -2.54. The van der Waals surface area contributed by atoms with Gasteiger partial charge in [0.15, 0.2) is 0 Å². The zero-order valence-electron chi connectivity index (χ0n) is 28.1. The van der Waals surface area contributed by atoms with Gasteiger partial charge in [0.1, 0.15) is 23.4 Å². The normalized spacial score (nSPS) is 13.2. The Hall–Kier alpha value is -4.79. The van der Waals surface area contributed by atoms with Crippen molar-refractivity contribution in [2.45, 2.75) is 77.5 Å². The Morgan fingerprint density at radius 3 is 1.90 bits per heavy atom. The fourth-order valence-electron chi connectivity index (χ4n) is 4.64. The molecule has 3 aromatic rings. The molecule has 3 amide bonds. The number of amides is 3. The van der Waals surface area contributed by atoms with E-state index in [-0.39, 0.29) is 29.8 Å². The number of ether oxygens (including phenoxy) is 2. The zero-order valence-corrected chi connectivity index (χ0v) is 28.8. The van der Waals surface area contributed by atoms with Gasteiger partial charge in [-0.1, -0.05) is 55.8 Å². The summed E-state index contributed by atoms with van der Waals surface area (Å²) in [6.07, 6.45) is -11.2. The number of esters is 1. The molecule has 2 atom stereocenters. The van der Waals surface area contributed by atoms with Gasteiger partial charge in [-0.2, -0.15) is 26.3 Å². The van der Waals surface area contributed by atoms with Crippen LogP contribution in [0.15, 0.2) is 66.7 Å². The summed E-state index contributed by atoms with van der Waals surface area (Å²) in [5.74, 6) is -3.67. The van der Waals surface area contributed by atoms with E-state index in [4.69, 9.17) is 21.1 Å². The van der Waals surface area contributed by atoms with Crippen LogP contribution < -0.4 is 20.7 Å². The summed E-state index contributed by atoms with van der Waals surface area (Å²) in [6.45, 7) is 8.54. The summed E-state index contributed by atoms with van der Waals surface area (Å²) in [4.78, 5) is 53.0. The molecule has 16 heteroatoms. The molecule has 0 bridgehead atoms. The van der Waals surface area contributed by atoms with E-state index < -0.39 is 82.0 Å². The Kier molecular flexibility index (Phi) is 13.1. The molecule has 0 aliphatic heterocycles. The lowest BCUT2D eigenvalue weighted by Gasteiger charge is -2.26. The van der Waals surface area contributed by atoms with Gasteiger partial charge in [0.2, 0.25) is 5.91 Å². The van der Waals surface area contributed by atoms with Gasteiger partial charge in [-0.05, 0) is 75.1 Å². The Morgan fingerprint density at radius 2 is 1.37 bits per heavy atom. The Morgan fingerprint density at radius 1 is 0.784 bits per heavy atom. The molecule has 51 heavy (non-hydrogen) atoms. The van der Waals surface area contributed by atoms with Crippen LogP contribution in [-0.2, 0) is 33.1 Å². The Balaban J connectivity index is 1.94. The average Bonchev–Trinajstić information content (AvgIpc) is 2.99. The molecule has 9 nitrogen and oxygen atoms in total. The first-order valence-corrected chi connectivity index (χ1v) is 15.9. The number of carbonyl (C=O) groups excluding carboxylic acids is 4. The monoisotopic (exact) mass is 743 g/mol. The van der Waals surface area contributed by atoms with Crippen LogP contribution in [0.25, 0.3) is 0 Å². The highest BCUT2D eigenvalue weighted by molar-refractivity contribution is 6.31. The number of halogens is 7. The summed E-state index contributed by atoms with van der Waals surface area (Å²) in [5, 5.41) is 6.98. The molecule has 0 spiro atoms. The molecule has 0 radical (unpaired) electrons. The van der Waals surface area contributed by atoms with Gasteiger partial charge in [0.25, 0.3) is 5.91 Å². The van der Waals surface area contributed by atoms with Crippen LogP contribution in [0, 0.1) is 5.92 Å². The van der Waals surface area contributed by atoms with Crippen LogP contribution in [0.5, 0.6) is 5.75 Å². The maximum absolute atomic E-state index is 13.7. The molecule has 0 aliphatic carbocycles. The minimum Gasteiger partial charge on any atom is -0.444 e. The van der Waals surface area contributed by atoms with Crippen LogP contribution in [0.4, 0.5) is 36.8 Å². The Bertz CT molecular complexity index is 1690. The lowest BCUT2D eigenvalue weighted by atomic mass is 10.0. The minimum atomic E-state index is -5.17. The second-order valence-corrected chi connectivity index (χ2v) is 13.3. The molecular weight excluding hydrogens is 708 g/mol. The van der Waals surface area contributed by atoms with Gasteiger partial charge < -0.3 is 25.4 Å². The van der Waals surface area contributed by atoms with Crippen LogP contribution in [0.1, 0.15) is 68.1 Å². The number of alkyl carbamates (subject to hydrolysis) is 1. The topological polar surface area (TPSA) is 123 Å². The number of carbonyl (C=O) groups is 4. The van der Waals surface area contributed by atoms with Gasteiger partial charge >= 0.3 is 24.4 Å². The van der Waals surface area contributed by atoms with Gasteiger partial charge in [0, 0.05) is 17.1 Å². The highest BCUT2D eigenvalue weighted by atomic mass is 35.5. The third kappa shape index (κ3) is 12.8.